The predicted molar refractivity (Wildman–Crippen MR) is 125 cm³/mol. The number of halogens is 3. The summed E-state index contributed by atoms with van der Waals surface area (Å²) >= 11 is 1.20. The van der Waals surface area contributed by atoms with Gasteiger partial charge < -0.3 is 15.5 Å². The monoisotopic (exact) mass is 508 g/mol. The van der Waals surface area contributed by atoms with Gasteiger partial charge in [-0.2, -0.15) is 13.2 Å². The first-order valence-electron chi connectivity index (χ1n) is 11.9. The van der Waals surface area contributed by atoms with Crippen LogP contribution in [-0.4, -0.2) is 31.1 Å². The Kier molecular flexibility index (Phi) is 5.68. The zero-order chi connectivity index (χ0) is 27.2. The second kappa shape index (κ2) is 8.87. The maximum Gasteiger partial charge on any atom is 0.433 e. The molecular weight excluding hydrogens is 481 g/mol. The van der Waals surface area contributed by atoms with Crippen LogP contribution < -0.4 is 5.32 Å². The second-order valence-electron chi connectivity index (χ2n) is 9.39. The van der Waals surface area contributed by atoms with Crippen LogP contribution in [0.15, 0.2) is 36.7 Å². The van der Waals surface area contributed by atoms with Crippen LogP contribution in [0.2, 0.25) is 0 Å². The molecule has 2 heterocycles. The Labute approximate surface area is 206 Å². The zero-order valence-corrected chi connectivity index (χ0v) is 19.7. The molecule has 0 amide bonds. The third-order valence-electron chi connectivity index (χ3n) is 6.18. The van der Waals surface area contributed by atoms with E-state index in [1.54, 1.807) is 18.3 Å². The van der Waals surface area contributed by atoms with Crippen molar-refractivity contribution in [1.82, 2.24) is 15.0 Å². The highest BCUT2D eigenvalue weighted by Crippen LogP contribution is 2.51. The largest absolute Gasteiger partial charge is 0.481 e. The van der Waals surface area contributed by atoms with E-state index in [0.717, 1.165) is 12.3 Å². The number of aliphatic carboxylic acids is 1. The lowest BCUT2D eigenvalue weighted by atomic mass is 9.63. The van der Waals surface area contributed by atoms with Gasteiger partial charge in [-0.25, -0.2) is 15.0 Å². The number of benzene rings is 1. The van der Waals surface area contributed by atoms with E-state index in [2.05, 4.69) is 20.3 Å². The molecule has 0 aliphatic heterocycles. The summed E-state index contributed by atoms with van der Waals surface area (Å²) in [4.78, 5) is 24.0. The summed E-state index contributed by atoms with van der Waals surface area (Å²) in [6.45, 7) is 2.25. The fourth-order valence-electron chi connectivity index (χ4n) is 4.57. The second-order valence-corrected chi connectivity index (χ2v) is 10.4. The lowest BCUT2D eigenvalue weighted by Gasteiger charge is -2.44. The third-order valence-corrected chi connectivity index (χ3v) is 7.42. The highest BCUT2D eigenvalue weighted by atomic mass is 32.1. The number of nitrogens with one attached hydrogen (secondary N) is 1. The Morgan fingerprint density at radius 1 is 1.29 bits per heavy atom. The van der Waals surface area contributed by atoms with E-state index in [9.17, 15) is 28.2 Å². The van der Waals surface area contributed by atoms with Gasteiger partial charge in [-0.05, 0) is 60.9 Å². The van der Waals surface area contributed by atoms with Gasteiger partial charge in [0, 0.05) is 20.8 Å². The number of alkyl halides is 3. The van der Waals surface area contributed by atoms with Crippen molar-refractivity contribution in [2.24, 2.45) is 11.3 Å². The van der Waals surface area contributed by atoms with E-state index in [1.165, 1.54) is 17.4 Å². The molecule has 1 aliphatic carbocycles. The number of aryl methyl sites for hydroxylation is 1. The summed E-state index contributed by atoms with van der Waals surface area (Å²) in [5.74, 6) is -1.77. The average Bonchev–Trinajstić information content (AvgIpc) is 3.29. The van der Waals surface area contributed by atoms with Crippen LogP contribution in [0.5, 0.6) is 0 Å². The molecule has 1 aliphatic rings. The number of rotatable bonds is 5. The molecular formula is C24H25F3N4O3S. The lowest BCUT2D eigenvalue weighted by Crippen LogP contribution is -2.44. The van der Waals surface area contributed by atoms with Gasteiger partial charge in [-0.3, -0.25) is 4.79 Å². The third kappa shape index (κ3) is 5.30. The molecule has 186 valence electrons. The molecule has 0 saturated heterocycles. The fraction of sp³-hybridized carbons (Fsp3) is 0.417. The lowest BCUT2D eigenvalue weighted by molar-refractivity contribution is -0.154. The molecule has 0 radical (unpaired) electrons. The molecule has 0 unspecified atom stereocenters. The minimum atomic E-state index is -4.64. The van der Waals surface area contributed by atoms with E-state index in [0.29, 0.717) is 21.9 Å². The van der Waals surface area contributed by atoms with Crippen LogP contribution in [0.25, 0.3) is 10.4 Å². The van der Waals surface area contributed by atoms with Crippen molar-refractivity contribution in [3.05, 3.63) is 52.9 Å². The van der Waals surface area contributed by atoms with Crippen molar-refractivity contribution in [3.63, 3.8) is 0 Å². The molecule has 3 N–H and O–H groups in total. The molecule has 3 aromatic rings. The number of aromatic nitrogens is 3. The van der Waals surface area contributed by atoms with Crippen molar-refractivity contribution in [1.29, 1.82) is 0 Å². The van der Waals surface area contributed by atoms with Crippen molar-refractivity contribution < 1.29 is 30.9 Å². The van der Waals surface area contributed by atoms with Crippen LogP contribution in [-0.2, 0) is 16.6 Å². The first-order valence-corrected chi connectivity index (χ1v) is 11.6. The molecule has 7 nitrogen and oxygen atoms in total. The first-order chi connectivity index (χ1) is 17.2. The van der Waals surface area contributed by atoms with Crippen LogP contribution in [0, 0.1) is 18.2 Å². The Morgan fingerprint density at radius 2 is 2.06 bits per heavy atom. The Bertz CT molecular complexity index is 1320. The van der Waals surface area contributed by atoms with Gasteiger partial charge in [0.25, 0.3) is 0 Å². The van der Waals surface area contributed by atoms with Gasteiger partial charge >= 0.3 is 12.1 Å². The fourth-order valence-corrected chi connectivity index (χ4v) is 5.59. The maximum absolute atomic E-state index is 13.0. The van der Waals surface area contributed by atoms with Gasteiger partial charge in [-0.15, -0.1) is 11.3 Å². The Hall–Kier alpha value is -3.05. The number of anilines is 2. The molecule has 1 aromatic carbocycles. The summed E-state index contributed by atoms with van der Waals surface area (Å²) in [5, 5.41) is 24.1. The topological polar surface area (TPSA) is 108 Å². The number of hydrogen-bond donors (Lipinski definition) is 3. The van der Waals surface area contributed by atoms with Crippen LogP contribution in [0.4, 0.5) is 24.8 Å². The van der Waals surface area contributed by atoms with Gasteiger partial charge in [0.15, 0.2) is 0 Å². The molecule has 2 atom stereocenters. The van der Waals surface area contributed by atoms with E-state index >= 15 is 0 Å². The molecule has 0 bridgehead atoms. The molecule has 0 spiro atoms. The summed E-state index contributed by atoms with van der Waals surface area (Å²) in [5.41, 5.74) is -1.97. The van der Waals surface area contributed by atoms with Gasteiger partial charge in [0.2, 0.25) is 5.95 Å². The van der Waals surface area contributed by atoms with E-state index in [-0.39, 0.29) is 30.0 Å². The summed E-state index contributed by atoms with van der Waals surface area (Å²) in [6, 6.07) is 5.44. The number of carboxylic acids is 1. The minimum absolute atomic E-state index is 0.213. The molecule has 35 heavy (non-hydrogen) atoms. The van der Waals surface area contributed by atoms with E-state index in [4.69, 9.17) is 2.74 Å². The number of carboxylic acid groups (broad SMARTS) is 1. The number of carbonyl (C=O) groups is 1. The standard InChI is InChI=1S/C24H25F3N4O3S/c1-13-8-14(10-15(9-13)30-21-28-7-5-18(31-21)24(25,26)27)17-11-29-20(35-17)23(34)6-4-16(19(32)33)22(2,3)12-23/h5,7-11,16,34H,4,6,12H2,1-3H3,(H,32,33)(H,28,30,31)/t16-,23-/m1/s1/i1D2. The van der Waals surface area contributed by atoms with Gasteiger partial charge in [0.05, 0.1) is 10.8 Å². The molecule has 4 rings (SSSR count). The van der Waals surface area contributed by atoms with Crippen LogP contribution in [0.1, 0.15) is 52.1 Å². The molecule has 1 saturated carbocycles. The van der Waals surface area contributed by atoms with Crippen molar-refractivity contribution in [2.45, 2.75) is 51.8 Å². The SMILES string of the molecule is [2H]C([2H])c1cc(Nc2nccc(C(F)(F)F)n2)cc(-c2cnc([C@@]3(O)CC[C@H](C(=O)O)C(C)(C)C3)s2)c1. The van der Waals surface area contributed by atoms with Crippen molar-refractivity contribution in [3.8, 4) is 10.4 Å². The Morgan fingerprint density at radius 3 is 2.71 bits per heavy atom. The molecule has 11 heteroatoms. The molecule has 2 aromatic heterocycles. The summed E-state index contributed by atoms with van der Waals surface area (Å²) < 4.78 is 54.8. The highest BCUT2D eigenvalue weighted by Gasteiger charge is 2.49. The van der Waals surface area contributed by atoms with Crippen molar-refractivity contribution in [2.75, 3.05) is 5.32 Å². The maximum atomic E-state index is 13.0. The summed E-state index contributed by atoms with van der Waals surface area (Å²) in [7, 11) is 0. The van der Waals surface area contributed by atoms with Gasteiger partial charge in [-0.1, -0.05) is 19.9 Å². The first kappa shape index (κ1) is 22.4. The minimum Gasteiger partial charge on any atom is -0.481 e. The number of aliphatic hydroxyl groups is 1. The summed E-state index contributed by atoms with van der Waals surface area (Å²) in [6.07, 6.45) is -1.37. The predicted octanol–water partition coefficient (Wildman–Crippen LogP) is 5.77. The quantitative estimate of drug-likeness (QED) is 0.402. The highest BCUT2D eigenvalue weighted by molar-refractivity contribution is 7.15. The van der Waals surface area contributed by atoms with Crippen molar-refractivity contribution >= 4 is 28.9 Å². The van der Waals surface area contributed by atoms with Gasteiger partial charge in [0.1, 0.15) is 16.3 Å². The van der Waals surface area contributed by atoms with E-state index in [1.807, 2.05) is 13.8 Å². The number of thiazole rings is 1. The smallest absolute Gasteiger partial charge is 0.433 e. The zero-order valence-electron chi connectivity index (χ0n) is 20.9. The number of nitrogens with zero attached hydrogens (tertiary/aromatic N) is 3. The van der Waals surface area contributed by atoms with Crippen LogP contribution in [0.3, 0.4) is 0 Å². The van der Waals surface area contributed by atoms with E-state index < -0.39 is 41.6 Å². The number of hydrogen-bond acceptors (Lipinski definition) is 7. The normalized spacial score (nSPS) is 23.0. The average molecular weight is 509 g/mol. The molecule has 1 fully saturated rings. The van der Waals surface area contributed by atoms with Crippen LogP contribution >= 0.6 is 11.3 Å². The Balaban J connectivity index is 1.65.